The Morgan fingerprint density at radius 3 is 2.67 bits per heavy atom. The predicted octanol–water partition coefficient (Wildman–Crippen LogP) is -0.753. The normalized spacial score (nSPS) is 10.2. The van der Waals surface area contributed by atoms with Crippen LogP contribution in [0.15, 0.2) is 4.79 Å². The summed E-state index contributed by atoms with van der Waals surface area (Å²) < 4.78 is 1.41. The molecule has 12 heavy (non-hydrogen) atoms. The second-order valence-electron chi connectivity index (χ2n) is 2.53. The van der Waals surface area contributed by atoms with Crippen LogP contribution in [0.4, 0.5) is 0 Å². The minimum atomic E-state index is -0.410. The fourth-order valence-corrected chi connectivity index (χ4v) is 0.946. The van der Waals surface area contributed by atoms with Crippen LogP contribution >= 0.6 is 0 Å². The van der Waals surface area contributed by atoms with Gasteiger partial charge in [-0.3, -0.25) is 4.57 Å². The van der Waals surface area contributed by atoms with Gasteiger partial charge in [-0.1, -0.05) is 5.10 Å². The second kappa shape index (κ2) is 3.44. The van der Waals surface area contributed by atoms with Gasteiger partial charge >= 0.3 is 5.69 Å². The number of aromatic nitrogens is 3. The van der Waals surface area contributed by atoms with Gasteiger partial charge < -0.3 is 5.11 Å². The van der Waals surface area contributed by atoms with Crippen molar-refractivity contribution in [3.8, 4) is 0 Å². The summed E-state index contributed by atoms with van der Waals surface area (Å²) in [5.74, 6) is 0. The molecule has 0 aromatic carbocycles. The molecule has 1 aromatic rings. The van der Waals surface area contributed by atoms with Gasteiger partial charge in [0.25, 0.3) is 0 Å². The maximum absolute atomic E-state index is 11.1. The number of hydrogen-bond donors (Lipinski definition) is 1. The predicted molar refractivity (Wildman–Crippen MR) is 42.9 cm³/mol. The molecule has 0 bridgehead atoms. The molecule has 0 saturated heterocycles. The molecule has 1 N–H and O–H groups in total. The highest BCUT2D eigenvalue weighted by Crippen LogP contribution is 1.96. The van der Waals surface area contributed by atoms with Crippen LogP contribution in [-0.2, 0) is 6.54 Å². The average molecular weight is 169 g/mol. The largest absolute Gasteiger partial charge is 0.395 e. The van der Waals surface area contributed by atoms with Crippen LogP contribution in [-0.4, -0.2) is 26.5 Å². The monoisotopic (exact) mass is 169 g/mol. The molecule has 0 amide bonds. The van der Waals surface area contributed by atoms with Crippen molar-refractivity contribution >= 4 is 0 Å². The van der Waals surface area contributed by atoms with E-state index in [-0.39, 0.29) is 13.2 Å². The van der Waals surface area contributed by atoms with Crippen LogP contribution in [0.2, 0.25) is 0 Å². The molecule has 0 unspecified atom stereocenters. The van der Waals surface area contributed by atoms with Gasteiger partial charge in [0.15, 0.2) is 0 Å². The minimum absolute atomic E-state index is 0.0636. The van der Waals surface area contributed by atoms with E-state index in [0.29, 0.717) is 5.69 Å². The Balaban J connectivity index is 3.23. The summed E-state index contributed by atoms with van der Waals surface area (Å²) in [6.45, 7) is 3.77. The lowest BCUT2D eigenvalue weighted by molar-refractivity contribution is 0.271. The molecular weight excluding hydrogens is 158 g/mol. The highest BCUT2D eigenvalue weighted by Gasteiger charge is 2.03. The molecule has 66 valence electrons. The van der Waals surface area contributed by atoms with Crippen LogP contribution in [0, 0.1) is 13.8 Å². The van der Waals surface area contributed by atoms with Crippen molar-refractivity contribution < 1.29 is 5.11 Å². The van der Waals surface area contributed by atoms with Crippen LogP contribution in [0.5, 0.6) is 0 Å². The van der Waals surface area contributed by atoms with Crippen molar-refractivity contribution in [2.24, 2.45) is 0 Å². The number of hydrogen-bond acceptors (Lipinski definition) is 4. The lowest BCUT2D eigenvalue weighted by Gasteiger charge is -2.07. The van der Waals surface area contributed by atoms with Gasteiger partial charge in [-0.25, -0.2) is 4.79 Å². The molecule has 0 aliphatic heterocycles. The maximum Gasteiger partial charge on any atom is 0.366 e. The minimum Gasteiger partial charge on any atom is -0.395 e. The van der Waals surface area contributed by atoms with E-state index in [1.165, 1.54) is 4.57 Å². The molecule has 0 atom stereocenters. The molecule has 0 radical (unpaired) electrons. The smallest absolute Gasteiger partial charge is 0.366 e. The molecule has 0 saturated carbocycles. The van der Waals surface area contributed by atoms with Crippen LogP contribution in [0.3, 0.4) is 0 Å². The lowest BCUT2D eigenvalue weighted by atomic mass is 10.3. The second-order valence-corrected chi connectivity index (χ2v) is 2.53. The molecule has 0 aliphatic carbocycles. The Bertz CT molecular complexity index is 332. The van der Waals surface area contributed by atoms with Gasteiger partial charge in [0.05, 0.1) is 18.8 Å². The first kappa shape index (κ1) is 8.86. The van der Waals surface area contributed by atoms with E-state index in [1.807, 2.05) is 0 Å². The molecule has 0 aliphatic rings. The summed E-state index contributed by atoms with van der Waals surface area (Å²) in [5, 5.41) is 15.7. The maximum atomic E-state index is 11.1. The molecular formula is C7H11N3O2. The zero-order valence-electron chi connectivity index (χ0n) is 7.11. The van der Waals surface area contributed by atoms with Gasteiger partial charge in [0, 0.05) is 5.69 Å². The van der Waals surface area contributed by atoms with Crippen molar-refractivity contribution in [1.29, 1.82) is 0 Å². The summed E-state index contributed by atoms with van der Waals surface area (Å²) in [6, 6.07) is 0. The van der Waals surface area contributed by atoms with E-state index in [2.05, 4.69) is 10.2 Å². The van der Waals surface area contributed by atoms with Crippen LogP contribution < -0.4 is 5.69 Å². The zero-order chi connectivity index (χ0) is 9.14. The van der Waals surface area contributed by atoms with Gasteiger partial charge in [-0.15, -0.1) is 5.10 Å². The Morgan fingerprint density at radius 1 is 1.42 bits per heavy atom. The summed E-state index contributed by atoms with van der Waals surface area (Å²) in [7, 11) is 0. The summed E-state index contributed by atoms with van der Waals surface area (Å²) >= 11 is 0. The van der Waals surface area contributed by atoms with Gasteiger partial charge in [-0.05, 0) is 13.8 Å². The quantitative estimate of drug-likeness (QED) is 0.632. The van der Waals surface area contributed by atoms with Crippen molar-refractivity contribution in [2.45, 2.75) is 20.4 Å². The topological polar surface area (TPSA) is 68.0 Å². The Kier molecular flexibility index (Phi) is 2.54. The molecule has 1 heterocycles. The highest BCUT2D eigenvalue weighted by molar-refractivity contribution is 5.05. The molecule has 5 heteroatoms. The molecule has 1 rings (SSSR count). The first-order chi connectivity index (χ1) is 5.66. The standard InChI is InChI=1S/C7H11N3O2/c1-5-6(2)10(3-4-11)7(12)9-8-5/h11H,3-4H2,1-2H3. The lowest BCUT2D eigenvalue weighted by Crippen LogP contribution is -2.28. The number of nitrogens with zero attached hydrogens (tertiary/aromatic N) is 3. The van der Waals surface area contributed by atoms with E-state index in [0.717, 1.165) is 5.69 Å². The van der Waals surface area contributed by atoms with Gasteiger partial charge in [-0.2, -0.15) is 0 Å². The third-order valence-electron chi connectivity index (χ3n) is 1.77. The number of rotatable bonds is 2. The first-order valence-corrected chi connectivity index (χ1v) is 3.68. The van der Waals surface area contributed by atoms with E-state index < -0.39 is 5.69 Å². The number of aliphatic hydroxyl groups is 1. The highest BCUT2D eigenvalue weighted by atomic mass is 16.3. The van der Waals surface area contributed by atoms with E-state index in [4.69, 9.17) is 5.11 Å². The Morgan fingerprint density at radius 2 is 2.08 bits per heavy atom. The Labute approximate surface area is 69.7 Å². The average Bonchev–Trinajstić information content (AvgIpc) is 2.06. The van der Waals surface area contributed by atoms with Crippen LogP contribution in [0.1, 0.15) is 11.4 Å². The summed E-state index contributed by atoms with van der Waals surface area (Å²) in [6.07, 6.45) is 0. The molecule has 5 nitrogen and oxygen atoms in total. The van der Waals surface area contributed by atoms with Crippen LogP contribution in [0.25, 0.3) is 0 Å². The fourth-order valence-electron chi connectivity index (χ4n) is 0.946. The first-order valence-electron chi connectivity index (χ1n) is 3.68. The van der Waals surface area contributed by atoms with Crippen molar-refractivity contribution in [3.63, 3.8) is 0 Å². The molecule has 0 fully saturated rings. The Hall–Kier alpha value is -1.23. The SMILES string of the molecule is Cc1nnc(=O)n(CCO)c1C. The van der Waals surface area contributed by atoms with E-state index in [9.17, 15) is 4.79 Å². The van der Waals surface area contributed by atoms with Crippen molar-refractivity contribution in [1.82, 2.24) is 14.8 Å². The molecule has 0 spiro atoms. The zero-order valence-corrected chi connectivity index (χ0v) is 7.11. The number of aryl methyl sites for hydroxylation is 1. The van der Waals surface area contributed by atoms with Crippen molar-refractivity contribution in [3.05, 3.63) is 21.9 Å². The van der Waals surface area contributed by atoms with E-state index >= 15 is 0 Å². The molecule has 1 aromatic heterocycles. The van der Waals surface area contributed by atoms with E-state index in [1.54, 1.807) is 13.8 Å². The summed E-state index contributed by atoms with van der Waals surface area (Å²) in [4.78, 5) is 11.1. The summed E-state index contributed by atoms with van der Waals surface area (Å²) in [5.41, 5.74) is 1.05. The van der Waals surface area contributed by atoms with Crippen molar-refractivity contribution in [2.75, 3.05) is 6.61 Å². The number of aliphatic hydroxyl groups excluding tert-OH is 1. The third kappa shape index (κ3) is 1.50. The fraction of sp³-hybridized carbons (Fsp3) is 0.571. The third-order valence-corrected chi connectivity index (χ3v) is 1.77. The van der Waals surface area contributed by atoms with Gasteiger partial charge in [0.2, 0.25) is 0 Å². The van der Waals surface area contributed by atoms with Gasteiger partial charge in [0.1, 0.15) is 0 Å².